The van der Waals surface area contributed by atoms with E-state index in [4.69, 9.17) is 4.74 Å². The minimum absolute atomic E-state index is 0.216. The van der Waals surface area contributed by atoms with Gasteiger partial charge in [-0.05, 0) is 6.42 Å². The second-order valence-corrected chi connectivity index (χ2v) is 2.97. The summed E-state index contributed by atoms with van der Waals surface area (Å²) in [6, 6.07) is -0.500. The molecule has 64 valence electrons. The van der Waals surface area contributed by atoms with Crippen LogP contribution in [-0.2, 0) is 4.74 Å². The van der Waals surface area contributed by atoms with E-state index in [1.807, 2.05) is 0 Å². The zero-order chi connectivity index (χ0) is 8.06. The van der Waals surface area contributed by atoms with E-state index in [1.165, 1.54) is 0 Å². The van der Waals surface area contributed by atoms with E-state index in [9.17, 15) is 13.2 Å². The SMILES string of the molecule is FC(F)(F)[C@H]1O[C@H]2CN[C@H]1C2. The van der Waals surface area contributed by atoms with Gasteiger partial charge in [-0.1, -0.05) is 0 Å². The Balaban J connectivity index is 2.08. The van der Waals surface area contributed by atoms with Gasteiger partial charge in [0.2, 0.25) is 0 Å². The second-order valence-electron chi connectivity index (χ2n) is 2.97. The van der Waals surface area contributed by atoms with E-state index in [2.05, 4.69) is 5.32 Å². The molecule has 0 aromatic rings. The number of rotatable bonds is 0. The molecule has 2 aliphatic heterocycles. The minimum Gasteiger partial charge on any atom is -0.362 e. The highest BCUT2D eigenvalue weighted by molar-refractivity contribution is 4.98. The summed E-state index contributed by atoms with van der Waals surface area (Å²) in [4.78, 5) is 0. The van der Waals surface area contributed by atoms with Gasteiger partial charge in [0, 0.05) is 12.6 Å². The predicted molar refractivity (Wildman–Crippen MR) is 31.1 cm³/mol. The number of halogens is 3. The largest absolute Gasteiger partial charge is 0.416 e. The average molecular weight is 167 g/mol. The molecule has 0 aromatic heterocycles. The van der Waals surface area contributed by atoms with Gasteiger partial charge >= 0.3 is 6.18 Å². The van der Waals surface area contributed by atoms with Crippen LogP contribution in [-0.4, -0.2) is 31.0 Å². The molecular formula is C6H8F3NO. The predicted octanol–water partition coefficient (Wildman–Crippen LogP) is 0.678. The van der Waals surface area contributed by atoms with Crippen molar-refractivity contribution in [2.45, 2.75) is 30.8 Å². The number of alkyl halides is 3. The first-order valence-electron chi connectivity index (χ1n) is 3.53. The summed E-state index contributed by atoms with van der Waals surface area (Å²) in [7, 11) is 0. The Labute approximate surface area is 61.7 Å². The third-order valence-corrected chi connectivity index (χ3v) is 2.15. The molecular weight excluding hydrogens is 159 g/mol. The first kappa shape index (κ1) is 7.36. The number of nitrogens with one attached hydrogen (secondary N) is 1. The molecule has 11 heavy (non-hydrogen) atoms. The minimum atomic E-state index is -4.20. The number of morpholine rings is 1. The van der Waals surface area contributed by atoms with E-state index >= 15 is 0 Å². The smallest absolute Gasteiger partial charge is 0.362 e. The van der Waals surface area contributed by atoms with Crippen molar-refractivity contribution in [3.8, 4) is 0 Å². The molecule has 0 aliphatic carbocycles. The van der Waals surface area contributed by atoms with E-state index in [-0.39, 0.29) is 6.10 Å². The normalized spacial score (nSPS) is 43.4. The van der Waals surface area contributed by atoms with Crippen LogP contribution in [0, 0.1) is 0 Å². The molecule has 0 saturated carbocycles. The molecule has 0 radical (unpaired) electrons. The van der Waals surface area contributed by atoms with Gasteiger partial charge in [0.25, 0.3) is 0 Å². The van der Waals surface area contributed by atoms with Crippen molar-refractivity contribution in [2.75, 3.05) is 6.54 Å². The lowest BCUT2D eigenvalue weighted by Crippen LogP contribution is -2.47. The van der Waals surface area contributed by atoms with Gasteiger partial charge in [0.05, 0.1) is 6.10 Å². The van der Waals surface area contributed by atoms with Gasteiger partial charge in [-0.25, -0.2) is 0 Å². The highest BCUT2D eigenvalue weighted by Gasteiger charge is 2.54. The molecule has 0 aromatic carbocycles. The second kappa shape index (κ2) is 2.10. The third kappa shape index (κ3) is 1.12. The Bertz CT molecular complexity index is 170. The van der Waals surface area contributed by atoms with Crippen molar-refractivity contribution in [3.63, 3.8) is 0 Å². The third-order valence-electron chi connectivity index (χ3n) is 2.15. The summed E-state index contributed by atoms with van der Waals surface area (Å²) in [5, 5.41) is 2.77. The lowest BCUT2D eigenvalue weighted by atomic mass is 10.1. The van der Waals surface area contributed by atoms with Crippen molar-refractivity contribution in [1.29, 1.82) is 0 Å². The fourth-order valence-corrected chi connectivity index (χ4v) is 1.67. The lowest BCUT2D eigenvalue weighted by Gasteiger charge is -2.25. The number of hydrogen-bond donors (Lipinski definition) is 1. The van der Waals surface area contributed by atoms with Gasteiger partial charge in [-0.15, -0.1) is 0 Å². The van der Waals surface area contributed by atoms with Gasteiger partial charge in [-0.2, -0.15) is 13.2 Å². The maximum Gasteiger partial charge on any atom is 0.416 e. The summed E-state index contributed by atoms with van der Waals surface area (Å²) in [6.07, 6.45) is -5.48. The first-order chi connectivity index (χ1) is 5.07. The van der Waals surface area contributed by atoms with E-state index < -0.39 is 18.3 Å². The fourth-order valence-electron chi connectivity index (χ4n) is 1.67. The Morgan fingerprint density at radius 2 is 2.09 bits per heavy atom. The van der Waals surface area contributed by atoms with Crippen LogP contribution in [0.15, 0.2) is 0 Å². The molecule has 0 amide bonds. The molecule has 1 N–H and O–H groups in total. The Morgan fingerprint density at radius 3 is 2.36 bits per heavy atom. The van der Waals surface area contributed by atoms with Gasteiger partial charge in [-0.3, -0.25) is 0 Å². The summed E-state index contributed by atoms with van der Waals surface area (Å²) < 4.78 is 40.9. The highest BCUT2D eigenvalue weighted by Crippen LogP contribution is 2.36. The number of fused-ring (bicyclic) bond motifs is 2. The van der Waals surface area contributed by atoms with Crippen LogP contribution in [0.1, 0.15) is 6.42 Å². The molecule has 2 saturated heterocycles. The van der Waals surface area contributed by atoms with E-state index in [0.717, 1.165) is 0 Å². The van der Waals surface area contributed by atoms with Crippen LogP contribution in [0.25, 0.3) is 0 Å². The van der Waals surface area contributed by atoms with Crippen LogP contribution >= 0.6 is 0 Å². The van der Waals surface area contributed by atoms with Crippen LogP contribution in [0.4, 0.5) is 13.2 Å². The van der Waals surface area contributed by atoms with Gasteiger partial charge in [0.15, 0.2) is 6.10 Å². The maximum atomic E-state index is 12.1. The van der Waals surface area contributed by atoms with Crippen molar-refractivity contribution in [2.24, 2.45) is 0 Å². The Kier molecular flexibility index (Phi) is 1.41. The lowest BCUT2D eigenvalue weighted by molar-refractivity contribution is -0.225. The zero-order valence-electron chi connectivity index (χ0n) is 5.69. The summed E-state index contributed by atoms with van der Waals surface area (Å²) in [5.41, 5.74) is 0. The zero-order valence-corrected chi connectivity index (χ0v) is 5.69. The van der Waals surface area contributed by atoms with Crippen LogP contribution < -0.4 is 5.32 Å². The van der Waals surface area contributed by atoms with Gasteiger partial charge < -0.3 is 10.1 Å². The molecule has 0 unspecified atom stereocenters. The van der Waals surface area contributed by atoms with Crippen molar-refractivity contribution < 1.29 is 17.9 Å². The van der Waals surface area contributed by atoms with Crippen molar-refractivity contribution in [3.05, 3.63) is 0 Å². The van der Waals surface area contributed by atoms with Crippen LogP contribution in [0.5, 0.6) is 0 Å². The van der Waals surface area contributed by atoms with Crippen LogP contribution in [0.3, 0.4) is 0 Å². The number of ether oxygens (including phenoxy) is 1. The summed E-state index contributed by atoms with van der Waals surface area (Å²) in [5.74, 6) is 0. The molecule has 5 heteroatoms. The molecule has 2 heterocycles. The van der Waals surface area contributed by atoms with E-state index in [0.29, 0.717) is 13.0 Å². The summed E-state index contributed by atoms with van der Waals surface area (Å²) in [6.45, 7) is 0.567. The molecule has 2 aliphatic rings. The monoisotopic (exact) mass is 167 g/mol. The molecule has 2 bridgehead atoms. The molecule has 2 nitrogen and oxygen atoms in total. The summed E-state index contributed by atoms with van der Waals surface area (Å²) >= 11 is 0. The fraction of sp³-hybridized carbons (Fsp3) is 1.00. The highest BCUT2D eigenvalue weighted by atomic mass is 19.4. The van der Waals surface area contributed by atoms with E-state index in [1.54, 1.807) is 0 Å². The van der Waals surface area contributed by atoms with Crippen LogP contribution in [0.2, 0.25) is 0 Å². The molecule has 2 fully saturated rings. The van der Waals surface area contributed by atoms with Gasteiger partial charge in [0.1, 0.15) is 0 Å². The standard InChI is InChI=1S/C6H8F3NO/c7-6(8,9)5-4-1-3(11-5)2-10-4/h3-5,10H,1-2H2/t3-,4+,5+/m1/s1. The topological polar surface area (TPSA) is 21.3 Å². The molecule has 2 rings (SSSR count). The first-order valence-corrected chi connectivity index (χ1v) is 3.53. The Hall–Kier alpha value is -0.290. The maximum absolute atomic E-state index is 12.1. The molecule has 0 spiro atoms. The average Bonchev–Trinajstić information content (AvgIpc) is 2.42. The number of hydrogen-bond acceptors (Lipinski definition) is 2. The quantitative estimate of drug-likeness (QED) is 0.572. The molecule has 3 atom stereocenters. The van der Waals surface area contributed by atoms with Crippen molar-refractivity contribution >= 4 is 0 Å². The Morgan fingerprint density at radius 1 is 1.36 bits per heavy atom. The van der Waals surface area contributed by atoms with Crippen molar-refractivity contribution in [1.82, 2.24) is 5.32 Å².